The molecule has 3 aromatic rings. The maximum Gasteiger partial charge on any atom is 0.318 e. The maximum atomic E-state index is 12.5. The summed E-state index contributed by atoms with van der Waals surface area (Å²) in [5.74, 6) is 0.764. The van der Waals surface area contributed by atoms with E-state index < -0.39 is 6.67 Å². The largest absolute Gasteiger partial charge is 0.463 e. The zero-order valence-corrected chi connectivity index (χ0v) is 25.0. The van der Waals surface area contributed by atoms with E-state index in [0.29, 0.717) is 45.3 Å². The highest BCUT2D eigenvalue weighted by Crippen LogP contribution is 2.35. The fourth-order valence-electron chi connectivity index (χ4n) is 6.36. The van der Waals surface area contributed by atoms with Crippen molar-refractivity contribution in [3.05, 3.63) is 65.4 Å². The van der Waals surface area contributed by atoms with E-state index in [2.05, 4.69) is 58.0 Å². The molecule has 2 fully saturated rings. The SMILES string of the molecule is Cc1cccc2cccc(N3CCc4c(nc(OCCCN5CCOCC5)nc4N4CCN(C(=O)/C=C/CF)CC4)C3)c12. The predicted octanol–water partition coefficient (Wildman–Crippen LogP) is 3.78. The van der Waals surface area contributed by atoms with Crippen molar-refractivity contribution in [3.63, 3.8) is 0 Å². The number of aryl methyl sites for hydroxylation is 1. The lowest BCUT2D eigenvalue weighted by Gasteiger charge is -2.38. The molecule has 0 radical (unpaired) electrons. The van der Waals surface area contributed by atoms with Crippen LogP contribution in [0, 0.1) is 6.92 Å². The monoisotopic (exact) mass is 588 g/mol. The second-order valence-electron chi connectivity index (χ2n) is 11.4. The number of anilines is 2. The van der Waals surface area contributed by atoms with Crippen molar-refractivity contribution in [2.24, 2.45) is 0 Å². The number of hydrogen-bond acceptors (Lipinski definition) is 8. The average molecular weight is 589 g/mol. The van der Waals surface area contributed by atoms with Crippen molar-refractivity contribution < 1.29 is 18.7 Å². The maximum absolute atomic E-state index is 12.5. The number of halogens is 1. The van der Waals surface area contributed by atoms with Gasteiger partial charge in [-0.1, -0.05) is 30.3 Å². The van der Waals surface area contributed by atoms with Gasteiger partial charge in [0, 0.05) is 75.1 Å². The Balaban J connectivity index is 1.23. The summed E-state index contributed by atoms with van der Waals surface area (Å²) in [5.41, 5.74) is 4.64. The van der Waals surface area contributed by atoms with Crippen LogP contribution in [0.1, 0.15) is 23.2 Å². The lowest BCUT2D eigenvalue weighted by Crippen LogP contribution is -2.49. The van der Waals surface area contributed by atoms with Gasteiger partial charge in [0.2, 0.25) is 5.91 Å². The van der Waals surface area contributed by atoms with Crippen LogP contribution in [0.3, 0.4) is 0 Å². The highest BCUT2D eigenvalue weighted by Gasteiger charge is 2.29. The lowest BCUT2D eigenvalue weighted by atomic mass is 9.99. The van der Waals surface area contributed by atoms with Gasteiger partial charge in [-0.2, -0.15) is 9.97 Å². The number of aromatic nitrogens is 2. The summed E-state index contributed by atoms with van der Waals surface area (Å²) in [6.45, 7) is 10.5. The van der Waals surface area contributed by atoms with Crippen molar-refractivity contribution >= 4 is 28.2 Å². The fraction of sp³-hybridized carbons (Fsp3) is 0.485. The molecule has 0 bridgehead atoms. The molecule has 0 N–H and O–H groups in total. The standard InChI is InChI=1S/C33H41FN6O3/c1-25-6-2-7-26-8-3-9-29(31(25)26)40-14-11-27-28(24-40)35-33(43-21-5-13-37-19-22-42-23-20-37)36-32(27)39-17-15-38(16-18-39)30(41)10-4-12-34/h2-4,6-10H,5,11-24H2,1H3/b10-4+. The molecule has 1 amide bonds. The number of benzene rings is 2. The summed E-state index contributed by atoms with van der Waals surface area (Å²) in [5, 5.41) is 2.52. The van der Waals surface area contributed by atoms with Crippen LogP contribution in [0.4, 0.5) is 15.9 Å². The third kappa shape index (κ3) is 6.75. The minimum atomic E-state index is -0.636. The first-order chi connectivity index (χ1) is 21.1. The minimum Gasteiger partial charge on any atom is -0.463 e. The van der Waals surface area contributed by atoms with Gasteiger partial charge in [0.1, 0.15) is 12.5 Å². The fourth-order valence-corrected chi connectivity index (χ4v) is 6.36. The molecule has 2 saturated heterocycles. The number of rotatable bonds is 9. The Labute approximate surface area is 252 Å². The summed E-state index contributed by atoms with van der Waals surface area (Å²) in [6, 6.07) is 13.4. The van der Waals surface area contributed by atoms with E-state index in [9.17, 15) is 9.18 Å². The number of morpholine rings is 1. The van der Waals surface area contributed by atoms with Crippen LogP contribution in [0.25, 0.3) is 10.8 Å². The molecule has 0 unspecified atom stereocenters. The lowest BCUT2D eigenvalue weighted by molar-refractivity contribution is -0.126. The summed E-state index contributed by atoms with van der Waals surface area (Å²) in [4.78, 5) is 31.2. The molecule has 43 heavy (non-hydrogen) atoms. The number of allylic oxidation sites excluding steroid dienone is 1. The van der Waals surface area contributed by atoms with Crippen LogP contribution in [0.15, 0.2) is 48.6 Å². The molecule has 10 heteroatoms. The molecule has 0 aliphatic carbocycles. The van der Waals surface area contributed by atoms with Crippen molar-refractivity contribution in [1.82, 2.24) is 19.8 Å². The zero-order chi connectivity index (χ0) is 29.6. The van der Waals surface area contributed by atoms with Crippen LogP contribution >= 0.6 is 0 Å². The summed E-state index contributed by atoms with van der Waals surface area (Å²) in [7, 11) is 0. The van der Waals surface area contributed by atoms with E-state index in [1.54, 1.807) is 4.90 Å². The third-order valence-electron chi connectivity index (χ3n) is 8.65. The van der Waals surface area contributed by atoms with Gasteiger partial charge in [0.05, 0.1) is 32.1 Å². The summed E-state index contributed by atoms with van der Waals surface area (Å²) in [6.07, 6.45) is 4.31. The number of fused-ring (bicyclic) bond motifs is 2. The molecule has 0 saturated carbocycles. The van der Waals surface area contributed by atoms with Gasteiger partial charge in [-0.15, -0.1) is 0 Å². The van der Waals surface area contributed by atoms with Crippen molar-refractivity contribution in [2.45, 2.75) is 26.3 Å². The molecule has 4 heterocycles. The molecule has 228 valence electrons. The van der Waals surface area contributed by atoms with Gasteiger partial charge >= 0.3 is 6.01 Å². The van der Waals surface area contributed by atoms with Crippen LogP contribution in [-0.2, 0) is 22.5 Å². The average Bonchev–Trinajstić information content (AvgIpc) is 3.05. The number of hydrogen-bond donors (Lipinski definition) is 0. The second kappa shape index (κ2) is 13.7. The molecule has 3 aliphatic rings. The minimum absolute atomic E-state index is 0.146. The molecular weight excluding hydrogens is 547 g/mol. The Kier molecular flexibility index (Phi) is 9.33. The van der Waals surface area contributed by atoms with E-state index >= 15 is 0 Å². The van der Waals surface area contributed by atoms with E-state index in [4.69, 9.17) is 19.4 Å². The topological polar surface area (TPSA) is 74.3 Å². The molecule has 6 rings (SSSR count). The van der Waals surface area contributed by atoms with E-state index in [1.807, 2.05) is 0 Å². The first-order valence-corrected chi connectivity index (χ1v) is 15.4. The number of alkyl halides is 1. The van der Waals surface area contributed by atoms with Crippen LogP contribution < -0.4 is 14.5 Å². The van der Waals surface area contributed by atoms with Gasteiger partial charge in [-0.3, -0.25) is 9.69 Å². The van der Waals surface area contributed by atoms with Gasteiger partial charge in [-0.05, 0) is 42.9 Å². The van der Waals surface area contributed by atoms with Crippen LogP contribution in [-0.4, -0.2) is 105 Å². The number of piperazine rings is 1. The van der Waals surface area contributed by atoms with Gasteiger partial charge in [0.25, 0.3) is 0 Å². The van der Waals surface area contributed by atoms with Crippen LogP contribution in [0.2, 0.25) is 0 Å². The number of carbonyl (C=O) groups is 1. The number of nitrogens with zero attached hydrogens (tertiary/aromatic N) is 6. The Morgan fingerprint density at radius 3 is 2.58 bits per heavy atom. The molecule has 9 nitrogen and oxygen atoms in total. The second-order valence-corrected chi connectivity index (χ2v) is 11.4. The van der Waals surface area contributed by atoms with Crippen molar-refractivity contribution in [2.75, 3.05) is 88.7 Å². The smallest absolute Gasteiger partial charge is 0.318 e. The van der Waals surface area contributed by atoms with Crippen LogP contribution in [0.5, 0.6) is 6.01 Å². The van der Waals surface area contributed by atoms with Gasteiger partial charge in [-0.25, -0.2) is 4.39 Å². The first kappa shape index (κ1) is 29.3. The summed E-state index contributed by atoms with van der Waals surface area (Å²) >= 11 is 0. The molecule has 0 spiro atoms. The van der Waals surface area contributed by atoms with E-state index in [1.165, 1.54) is 34.2 Å². The summed E-state index contributed by atoms with van der Waals surface area (Å²) < 4.78 is 24.2. The first-order valence-electron chi connectivity index (χ1n) is 15.4. The molecule has 3 aliphatic heterocycles. The van der Waals surface area contributed by atoms with Gasteiger partial charge in [0.15, 0.2) is 0 Å². The van der Waals surface area contributed by atoms with Gasteiger partial charge < -0.3 is 24.2 Å². The van der Waals surface area contributed by atoms with Crippen molar-refractivity contribution in [1.29, 1.82) is 0 Å². The molecule has 0 atom stereocenters. The normalized spacial score (nSPS) is 18.0. The zero-order valence-electron chi connectivity index (χ0n) is 25.0. The third-order valence-corrected chi connectivity index (χ3v) is 8.65. The highest BCUT2D eigenvalue weighted by molar-refractivity contribution is 5.97. The molecule has 2 aromatic carbocycles. The number of amides is 1. The Bertz CT molecular complexity index is 1450. The number of ether oxygens (including phenoxy) is 2. The molecular formula is C33H41FN6O3. The Hall–Kier alpha value is -3.76. The predicted molar refractivity (Wildman–Crippen MR) is 167 cm³/mol. The van der Waals surface area contributed by atoms with E-state index in [-0.39, 0.29) is 5.91 Å². The molecule has 1 aromatic heterocycles. The Morgan fingerprint density at radius 2 is 1.79 bits per heavy atom. The van der Waals surface area contributed by atoms with Crippen molar-refractivity contribution in [3.8, 4) is 6.01 Å². The Morgan fingerprint density at radius 1 is 1.00 bits per heavy atom. The quantitative estimate of drug-likeness (QED) is 0.276. The highest BCUT2D eigenvalue weighted by atomic mass is 19.1. The van der Waals surface area contributed by atoms with E-state index in [0.717, 1.165) is 69.3 Å². The number of carbonyl (C=O) groups excluding carboxylic acids is 1.